The molecule has 0 radical (unpaired) electrons. The van der Waals surface area contributed by atoms with Gasteiger partial charge < -0.3 is 15.0 Å². The van der Waals surface area contributed by atoms with E-state index in [4.69, 9.17) is 4.79 Å². The lowest BCUT2D eigenvalue weighted by Crippen LogP contribution is -2.28. The second kappa shape index (κ2) is 12.1. The van der Waals surface area contributed by atoms with Crippen LogP contribution in [0.3, 0.4) is 0 Å². The van der Waals surface area contributed by atoms with Crippen LogP contribution < -0.4 is 5.32 Å². The highest BCUT2D eigenvalue weighted by atomic mass is 32.2. The minimum absolute atomic E-state index is 0.111. The van der Waals surface area contributed by atoms with E-state index in [0.29, 0.717) is 0 Å². The van der Waals surface area contributed by atoms with Gasteiger partial charge in [-0.05, 0) is 42.7 Å². The number of carbonyl (C=O) groups excluding carboxylic acids is 1. The van der Waals surface area contributed by atoms with E-state index in [1.54, 1.807) is 0 Å². The SMILES string of the molecule is C=O.CC.CC.O=S(=O)(C1=C2CCCN2C(c2ccccc2)N1)c1ccc(F)cc1. The van der Waals surface area contributed by atoms with Crippen LogP contribution in [0.4, 0.5) is 4.39 Å². The predicted molar refractivity (Wildman–Crippen MR) is 119 cm³/mol. The Labute approximate surface area is 179 Å². The topological polar surface area (TPSA) is 66.5 Å². The highest BCUT2D eigenvalue weighted by Gasteiger charge is 2.40. The molecule has 4 rings (SSSR count). The van der Waals surface area contributed by atoms with Crippen LogP contribution in [0.5, 0.6) is 0 Å². The van der Waals surface area contributed by atoms with Crippen LogP contribution in [0.1, 0.15) is 52.3 Å². The molecule has 2 aliphatic heterocycles. The first-order chi connectivity index (χ1) is 14.6. The monoisotopic (exact) mass is 434 g/mol. The van der Waals surface area contributed by atoms with Gasteiger partial charge in [0.05, 0.1) is 10.6 Å². The van der Waals surface area contributed by atoms with Gasteiger partial charge in [0, 0.05) is 6.54 Å². The first-order valence-corrected chi connectivity index (χ1v) is 11.7. The van der Waals surface area contributed by atoms with Gasteiger partial charge in [-0.2, -0.15) is 0 Å². The van der Waals surface area contributed by atoms with Crippen molar-refractivity contribution in [1.29, 1.82) is 0 Å². The molecule has 1 fully saturated rings. The van der Waals surface area contributed by atoms with Crippen LogP contribution in [0, 0.1) is 5.82 Å². The van der Waals surface area contributed by atoms with Gasteiger partial charge in [0.1, 0.15) is 18.8 Å². The zero-order chi connectivity index (χ0) is 22.7. The lowest BCUT2D eigenvalue weighted by atomic mass is 10.1. The normalized spacial score (nSPS) is 16.7. The third-order valence-electron chi connectivity index (χ3n) is 4.51. The number of allylic oxidation sites excluding steroid dienone is 1. The minimum atomic E-state index is -3.69. The van der Waals surface area contributed by atoms with E-state index in [0.717, 1.165) is 30.6 Å². The van der Waals surface area contributed by atoms with Crippen LogP contribution in [0.25, 0.3) is 0 Å². The van der Waals surface area contributed by atoms with Gasteiger partial charge >= 0.3 is 0 Å². The van der Waals surface area contributed by atoms with Crippen molar-refractivity contribution in [2.75, 3.05) is 6.54 Å². The van der Waals surface area contributed by atoms with Crippen molar-refractivity contribution < 1.29 is 17.6 Å². The largest absolute Gasteiger partial charge is 0.350 e. The molecule has 0 spiro atoms. The fourth-order valence-corrected chi connectivity index (χ4v) is 4.90. The van der Waals surface area contributed by atoms with Crippen LogP contribution in [0.15, 0.2) is 70.2 Å². The fraction of sp³-hybridized carbons (Fsp3) is 0.348. The summed E-state index contributed by atoms with van der Waals surface area (Å²) in [6.07, 6.45) is 1.49. The van der Waals surface area contributed by atoms with Crippen LogP contribution >= 0.6 is 0 Å². The summed E-state index contributed by atoms with van der Waals surface area (Å²) in [4.78, 5) is 10.2. The van der Waals surface area contributed by atoms with Gasteiger partial charge in [0.25, 0.3) is 0 Å². The molecule has 2 aromatic carbocycles. The van der Waals surface area contributed by atoms with Crippen molar-refractivity contribution in [1.82, 2.24) is 10.2 Å². The Bertz CT molecular complexity index is 913. The molecular weight excluding hydrogens is 403 g/mol. The van der Waals surface area contributed by atoms with Crippen LogP contribution in [-0.4, -0.2) is 26.7 Å². The zero-order valence-corrected chi connectivity index (χ0v) is 18.9. The summed E-state index contributed by atoms with van der Waals surface area (Å²) in [6.45, 7) is 10.8. The van der Waals surface area contributed by atoms with E-state index in [1.807, 2.05) is 64.8 Å². The summed E-state index contributed by atoms with van der Waals surface area (Å²) in [7, 11) is -3.69. The van der Waals surface area contributed by atoms with Crippen molar-refractivity contribution in [2.24, 2.45) is 0 Å². The molecule has 1 N–H and O–H groups in total. The second-order valence-corrected chi connectivity index (χ2v) is 7.87. The molecule has 2 aromatic rings. The van der Waals surface area contributed by atoms with Crippen molar-refractivity contribution in [3.05, 3.63) is 76.7 Å². The van der Waals surface area contributed by atoms with Crippen molar-refractivity contribution in [2.45, 2.75) is 51.6 Å². The summed E-state index contributed by atoms with van der Waals surface area (Å²) in [6, 6.07) is 14.8. The summed E-state index contributed by atoms with van der Waals surface area (Å²) in [5, 5.41) is 3.44. The second-order valence-electron chi connectivity index (χ2n) is 5.99. The Morgan fingerprint density at radius 3 is 2.10 bits per heavy atom. The van der Waals surface area contributed by atoms with Crippen molar-refractivity contribution >= 4 is 16.6 Å². The van der Waals surface area contributed by atoms with E-state index >= 15 is 0 Å². The number of sulfone groups is 1. The maximum absolute atomic E-state index is 13.1. The Morgan fingerprint density at radius 2 is 1.53 bits per heavy atom. The molecule has 0 aliphatic carbocycles. The van der Waals surface area contributed by atoms with Gasteiger partial charge in [-0.15, -0.1) is 0 Å². The van der Waals surface area contributed by atoms with Gasteiger partial charge in [0.15, 0.2) is 5.03 Å². The standard InChI is InChI=1S/C18H17FN2O2S.2C2H6.CH2O/c19-14-8-10-15(11-9-14)24(22,23)18-16-7-4-12-21(16)17(20-18)13-5-2-1-3-6-13;3*1-2/h1-3,5-6,8-11,17,20H,4,7,12H2;2*1-2H3;1H2. The quantitative estimate of drug-likeness (QED) is 0.686. The first kappa shape index (κ1) is 25.4. The van der Waals surface area contributed by atoms with E-state index in [-0.39, 0.29) is 16.1 Å². The first-order valence-electron chi connectivity index (χ1n) is 10.2. The molecule has 1 atom stereocenters. The van der Waals surface area contributed by atoms with Gasteiger partial charge in [-0.25, -0.2) is 12.8 Å². The molecule has 0 saturated carbocycles. The maximum Gasteiger partial charge on any atom is 0.223 e. The summed E-state index contributed by atoms with van der Waals surface area (Å²) in [5.41, 5.74) is 1.86. The van der Waals surface area contributed by atoms with E-state index in [9.17, 15) is 12.8 Å². The molecular formula is C23H31FN2O3S. The molecule has 5 nitrogen and oxygen atoms in total. The number of hydrogen-bond donors (Lipinski definition) is 1. The number of rotatable bonds is 3. The number of benzene rings is 2. The number of fused-ring (bicyclic) bond motifs is 1. The maximum atomic E-state index is 13.1. The smallest absolute Gasteiger partial charge is 0.223 e. The molecule has 1 saturated heterocycles. The molecule has 2 heterocycles. The molecule has 30 heavy (non-hydrogen) atoms. The Kier molecular flexibility index (Phi) is 10.3. The number of nitrogens with one attached hydrogen (secondary N) is 1. The predicted octanol–water partition coefficient (Wildman–Crippen LogP) is 5.03. The average Bonchev–Trinajstić information content (AvgIpc) is 3.42. The number of halogens is 1. The molecule has 164 valence electrons. The fourth-order valence-electron chi connectivity index (χ4n) is 3.37. The molecule has 0 bridgehead atoms. The number of hydrogen-bond acceptors (Lipinski definition) is 5. The third-order valence-corrected chi connectivity index (χ3v) is 6.29. The summed E-state index contributed by atoms with van der Waals surface area (Å²) < 4.78 is 39.1. The van der Waals surface area contributed by atoms with E-state index in [2.05, 4.69) is 10.2 Å². The average molecular weight is 435 g/mol. The minimum Gasteiger partial charge on any atom is -0.350 e. The molecule has 2 aliphatic rings. The highest BCUT2D eigenvalue weighted by Crippen LogP contribution is 2.40. The Morgan fingerprint density at radius 1 is 0.967 bits per heavy atom. The van der Waals surface area contributed by atoms with Crippen LogP contribution in [-0.2, 0) is 14.6 Å². The molecule has 0 aromatic heterocycles. The van der Waals surface area contributed by atoms with Gasteiger partial charge in [-0.3, -0.25) is 0 Å². The summed E-state index contributed by atoms with van der Waals surface area (Å²) in [5.74, 6) is -0.448. The van der Waals surface area contributed by atoms with Gasteiger partial charge in [-0.1, -0.05) is 58.0 Å². The third kappa shape index (κ3) is 5.27. The molecule has 0 amide bonds. The van der Waals surface area contributed by atoms with Crippen molar-refractivity contribution in [3.8, 4) is 0 Å². The molecule has 1 unspecified atom stereocenters. The van der Waals surface area contributed by atoms with Gasteiger partial charge in [0.2, 0.25) is 9.84 Å². The zero-order valence-electron chi connectivity index (χ0n) is 18.1. The van der Waals surface area contributed by atoms with Crippen LogP contribution in [0.2, 0.25) is 0 Å². The Hall–Kier alpha value is -2.67. The van der Waals surface area contributed by atoms with E-state index in [1.165, 1.54) is 24.3 Å². The molecule has 7 heteroatoms. The van der Waals surface area contributed by atoms with E-state index < -0.39 is 15.7 Å². The van der Waals surface area contributed by atoms with Crippen molar-refractivity contribution in [3.63, 3.8) is 0 Å². The lowest BCUT2D eigenvalue weighted by Gasteiger charge is -2.24. The Balaban J connectivity index is 0.000000691. The highest BCUT2D eigenvalue weighted by molar-refractivity contribution is 7.95. The summed E-state index contributed by atoms with van der Waals surface area (Å²) >= 11 is 0. The lowest BCUT2D eigenvalue weighted by molar-refractivity contribution is -0.0980. The number of carbonyl (C=O) groups is 1. The number of nitrogens with zero attached hydrogens (tertiary/aromatic N) is 1.